The second-order valence-electron chi connectivity index (χ2n) is 7.58. The number of pyridine rings is 1. The fourth-order valence-electron chi connectivity index (χ4n) is 3.44. The molecule has 1 unspecified atom stereocenters. The Morgan fingerprint density at radius 2 is 1.81 bits per heavy atom. The smallest absolute Gasteiger partial charge is 0.413 e. The third-order valence-corrected chi connectivity index (χ3v) is 5.23. The van der Waals surface area contributed by atoms with Crippen LogP contribution in [0.4, 0.5) is 13.2 Å². The molecule has 4 rings (SSSR count). The highest BCUT2D eigenvalue weighted by Gasteiger charge is 2.38. The SMILES string of the molecule is CC1(N(Cc2ccc(-c3nnc(C(F)(F)F)o3)cc2)C(=O)c2ccncc2)C=CC=CC1. The van der Waals surface area contributed by atoms with Crippen LogP contribution < -0.4 is 0 Å². The number of carbonyl (C=O) groups excluding carboxylic acids is 1. The van der Waals surface area contributed by atoms with E-state index in [0.29, 0.717) is 24.1 Å². The summed E-state index contributed by atoms with van der Waals surface area (Å²) in [6.45, 7) is 2.28. The predicted molar refractivity (Wildman–Crippen MR) is 110 cm³/mol. The summed E-state index contributed by atoms with van der Waals surface area (Å²) in [4.78, 5) is 19.1. The molecule has 0 N–H and O–H groups in total. The van der Waals surface area contributed by atoms with Gasteiger partial charge in [0.25, 0.3) is 5.91 Å². The summed E-state index contributed by atoms with van der Waals surface area (Å²) >= 11 is 0. The second kappa shape index (κ2) is 8.41. The maximum absolute atomic E-state index is 13.3. The van der Waals surface area contributed by atoms with Crippen LogP contribution in [0.5, 0.6) is 0 Å². The van der Waals surface area contributed by atoms with Gasteiger partial charge in [0.1, 0.15) is 0 Å². The van der Waals surface area contributed by atoms with Crippen LogP contribution >= 0.6 is 0 Å². The van der Waals surface area contributed by atoms with Gasteiger partial charge in [0.05, 0.1) is 5.54 Å². The lowest BCUT2D eigenvalue weighted by Gasteiger charge is -2.40. The van der Waals surface area contributed by atoms with E-state index < -0.39 is 17.6 Å². The van der Waals surface area contributed by atoms with Crippen LogP contribution in [-0.2, 0) is 12.7 Å². The Morgan fingerprint density at radius 1 is 1.09 bits per heavy atom. The van der Waals surface area contributed by atoms with E-state index in [9.17, 15) is 18.0 Å². The minimum Gasteiger partial charge on any atom is -0.413 e. The first-order chi connectivity index (χ1) is 15.3. The Hall–Kier alpha value is -3.75. The van der Waals surface area contributed by atoms with Crippen molar-refractivity contribution in [3.8, 4) is 11.5 Å². The number of carbonyl (C=O) groups is 1. The molecule has 1 amide bonds. The summed E-state index contributed by atoms with van der Waals surface area (Å²) in [5.74, 6) is -1.76. The van der Waals surface area contributed by atoms with Gasteiger partial charge in [-0.05, 0) is 43.2 Å². The van der Waals surface area contributed by atoms with Crippen LogP contribution in [0.1, 0.15) is 35.2 Å². The first-order valence-electron chi connectivity index (χ1n) is 9.83. The van der Waals surface area contributed by atoms with Crippen molar-refractivity contribution in [3.63, 3.8) is 0 Å². The van der Waals surface area contributed by atoms with Gasteiger partial charge >= 0.3 is 12.1 Å². The van der Waals surface area contributed by atoms with E-state index in [-0.39, 0.29) is 11.8 Å². The van der Waals surface area contributed by atoms with Crippen molar-refractivity contribution < 1.29 is 22.4 Å². The van der Waals surface area contributed by atoms with E-state index in [4.69, 9.17) is 4.42 Å². The fraction of sp³-hybridized carbons (Fsp3) is 0.217. The maximum atomic E-state index is 13.3. The van der Waals surface area contributed by atoms with Gasteiger partial charge in [-0.1, -0.05) is 36.4 Å². The highest BCUT2D eigenvalue weighted by atomic mass is 19.4. The Bertz CT molecular complexity index is 1150. The van der Waals surface area contributed by atoms with E-state index in [1.54, 1.807) is 53.7 Å². The Morgan fingerprint density at radius 3 is 2.41 bits per heavy atom. The van der Waals surface area contributed by atoms with Gasteiger partial charge in [-0.15, -0.1) is 10.2 Å². The van der Waals surface area contributed by atoms with Crippen molar-refractivity contribution in [2.45, 2.75) is 31.6 Å². The Balaban J connectivity index is 1.60. The molecule has 1 aliphatic rings. The normalized spacial score (nSPS) is 18.0. The number of amides is 1. The fourth-order valence-corrected chi connectivity index (χ4v) is 3.44. The van der Waals surface area contributed by atoms with Gasteiger partial charge in [-0.3, -0.25) is 9.78 Å². The number of alkyl halides is 3. The van der Waals surface area contributed by atoms with Crippen LogP contribution in [0.3, 0.4) is 0 Å². The minimum atomic E-state index is -4.70. The zero-order valence-corrected chi connectivity index (χ0v) is 17.1. The van der Waals surface area contributed by atoms with Crippen molar-refractivity contribution in [2.75, 3.05) is 0 Å². The van der Waals surface area contributed by atoms with E-state index >= 15 is 0 Å². The molecule has 1 atom stereocenters. The van der Waals surface area contributed by atoms with Gasteiger partial charge in [0.2, 0.25) is 5.89 Å². The predicted octanol–water partition coefficient (Wildman–Crippen LogP) is 5.07. The number of rotatable bonds is 5. The first-order valence-corrected chi connectivity index (χ1v) is 9.83. The van der Waals surface area contributed by atoms with Crippen LogP contribution in [0.25, 0.3) is 11.5 Å². The third-order valence-electron chi connectivity index (χ3n) is 5.23. The molecule has 0 fully saturated rings. The lowest BCUT2D eigenvalue weighted by Crippen LogP contribution is -2.48. The summed E-state index contributed by atoms with van der Waals surface area (Å²) in [6, 6.07) is 9.97. The van der Waals surface area contributed by atoms with Crippen molar-refractivity contribution >= 4 is 5.91 Å². The van der Waals surface area contributed by atoms with E-state index in [2.05, 4.69) is 15.2 Å². The molecule has 1 aromatic carbocycles. The van der Waals surface area contributed by atoms with Crippen LogP contribution in [-0.4, -0.2) is 31.5 Å². The average molecular weight is 440 g/mol. The zero-order valence-electron chi connectivity index (χ0n) is 17.1. The standard InChI is InChI=1S/C23H19F3N4O2/c1-22(11-3-2-4-12-22)30(20(31)18-9-13-27-14-10-18)15-16-5-7-17(8-6-16)19-28-29-21(32-19)23(24,25)26/h2-11,13-14H,12,15H2,1H3. The number of benzene rings is 1. The van der Waals surface area contributed by atoms with E-state index in [0.717, 1.165) is 5.56 Å². The minimum absolute atomic E-state index is 0.148. The maximum Gasteiger partial charge on any atom is 0.470 e. The van der Waals surface area contributed by atoms with E-state index in [1.807, 2.05) is 31.2 Å². The molecule has 2 heterocycles. The van der Waals surface area contributed by atoms with Gasteiger partial charge in [-0.25, -0.2) is 0 Å². The number of halogens is 3. The molecule has 0 spiro atoms. The summed E-state index contributed by atoms with van der Waals surface area (Å²) in [5, 5.41) is 6.52. The number of aromatic nitrogens is 3. The lowest BCUT2D eigenvalue weighted by molar-refractivity contribution is -0.156. The molecule has 9 heteroatoms. The molecule has 2 aromatic heterocycles. The Labute approximate surface area is 182 Å². The average Bonchev–Trinajstić information content (AvgIpc) is 3.29. The summed E-state index contributed by atoms with van der Waals surface area (Å²) < 4.78 is 42.8. The molecule has 164 valence electrons. The number of hydrogen-bond donors (Lipinski definition) is 0. The largest absolute Gasteiger partial charge is 0.470 e. The molecule has 0 radical (unpaired) electrons. The molecule has 0 bridgehead atoms. The van der Waals surface area contributed by atoms with Crippen molar-refractivity contribution in [2.24, 2.45) is 0 Å². The molecule has 32 heavy (non-hydrogen) atoms. The number of allylic oxidation sites excluding steroid dienone is 2. The van der Waals surface area contributed by atoms with Gasteiger partial charge in [0, 0.05) is 30.1 Å². The molecule has 6 nitrogen and oxygen atoms in total. The van der Waals surface area contributed by atoms with Crippen LogP contribution in [0, 0.1) is 0 Å². The van der Waals surface area contributed by atoms with Crippen LogP contribution in [0.15, 0.2) is 77.5 Å². The molecular formula is C23H19F3N4O2. The molecule has 1 aliphatic carbocycles. The highest BCUT2D eigenvalue weighted by Crippen LogP contribution is 2.31. The van der Waals surface area contributed by atoms with Crippen LogP contribution in [0.2, 0.25) is 0 Å². The quantitative estimate of drug-likeness (QED) is 0.554. The zero-order chi connectivity index (χ0) is 22.8. The van der Waals surface area contributed by atoms with Gasteiger partial charge in [-0.2, -0.15) is 13.2 Å². The van der Waals surface area contributed by atoms with Crippen molar-refractivity contribution in [3.05, 3.63) is 90.1 Å². The van der Waals surface area contributed by atoms with E-state index in [1.165, 1.54) is 0 Å². The van der Waals surface area contributed by atoms with Crippen molar-refractivity contribution in [1.29, 1.82) is 0 Å². The topological polar surface area (TPSA) is 72.1 Å². The van der Waals surface area contributed by atoms with Gasteiger partial charge < -0.3 is 9.32 Å². The lowest BCUT2D eigenvalue weighted by atomic mass is 9.90. The number of hydrogen-bond acceptors (Lipinski definition) is 5. The molecule has 0 saturated carbocycles. The third kappa shape index (κ3) is 4.46. The monoisotopic (exact) mass is 440 g/mol. The summed E-state index contributed by atoms with van der Waals surface area (Å²) in [5.41, 5.74) is 1.14. The molecule has 3 aromatic rings. The summed E-state index contributed by atoms with van der Waals surface area (Å²) in [7, 11) is 0. The highest BCUT2D eigenvalue weighted by molar-refractivity contribution is 5.94. The van der Waals surface area contributed by atoms with Gasteiger partial charge in [0.15, 0.2) is 0 Å². The first kappa shape index (κ1) is 21.5. The molecule has 0 aliphatic heterocycles. The molecular weight excluding hydrogens is 421 g/mol. The Kier molecular flexibility index (Phi) is 5.65. The molecule has 0 saturated heterocycles. The number of nitrogens with zero attached hydrogens (tertiary/aromatic N) is 4. The van der Waals surface area contributed by atoms with Crippen molar-refractivity contribution in [1.82, 2.24) is 20.1 Å². The summed E-state index contributed by atoms with van der Waals surface area (Å²) in [6.07, 6.45) is 6.92. The second-order valence-corrected chi connectivity index (χ2v) is 7.58.